The maximum atomic E-state index is 12.0. The third-order valence-electron chi connectivity index (χ3n) is 3.20. The summed E-state index contributed by atoms with van der Waals surface area (Å²) in [5, 5.41) is 2.86. The molecule has 0 unspecified atom stereocenters. The number of aromatic nitrogens is 1. The maximum absolute atomic E-state index is 12.0. The average Bonchev–Trinajstić information content (AvgIpc) is 2.95. The van der Waals surface area contributed by atoms with E-state index in [0.29, 0.717) is 23.2 Å². The van der Waals surface area contributed by atoms with Crippen LogP contribution >= 0.6 is 12.2 Å². The van der Waals surface area contributed by atoms with Crippen molar-refractivity contribution in [2.24, 2.45) is 0 Å². The third kappa shape index (κ3) is 3.05. The number of amides is 1. The van der Waals surface area contributed by atoms with Gasteiger partial charge in [0, 0.05) is 12.7 Å². The minimum atomic E-state index is -0.169. The molecule has 108 valence electrons. The SMILES string of the molecule is O=C(NCCc1ccc2c(c1)OCO2)c1ccc[nH]c1=S. The van der Waals surface area contributed by atoms with E-state index in [1.807, 2.05) is 18.2 Å². The topological polar surface area (TPSA) is 63.4 Å². The summed E-state index contributed by atoms with van der Waals surface area (Å²) in [5.41, 5.74) is 1.57. The van der Waals surface area contributed by atoms with Crippen molar-refractivity contribution in [2.45, 2.75) is 6.42 Å². The van der Waals surface area contributed by atoms with Crippen molar-refractivity contribution in [2.75, 3.05) is 13.3 Å². The molecular formula is C15H14N2O3S. The molecule has 1 amide bonds. The number of carbonyl (C=O) groups excluding carboxylic acids is 1. The van der Waals surface area contributed by atoms with Crippen molar-refractivity contribution in [3.05, 3.63) is 52.3 Å². The fourth-order valence-corrected chi connectivity index (χ4v) is 2.34. The minimum Gasteiger partial charge on any atom is -0.454 e. The monoisotopic (exact) mass is 302 g/mol. The number of ether oxygens (including phenoxy) is 2. The third-order valence-corrected chi connectivity index (χ3v) is 3.54. The highest BCUT2D eigenvalue weighted by Crippen LogP contribution is 2.32. The Kier molecular flexibility index (Phi) is 3.87. The van der Waals surface area contributed by atoms with Gasteiger partial charge in [-0.05, 0) is 36.2 Å². The van der Waals surface area contributed by atoms with Crippen molar-refractivity contribution in [3.63, 3.8) is 0 Å². The van der Waals surface area contributed by atoms with Crippen LogP contribution in [0.25, 0.3) is 0 Å². The van der Waals surface area contributed by atoms with Gasteiger partial charge in [0.1, 0.15) is 4.64 Å². The molecule has 0 atom stereocenters. The molecule has 0 aliphatic carbocycles. The minimum absolute atomic E-state index is 0.169. The Bertz CT molecular complexity index is 727. The molecule has 0 saturated heterocycles. The smallest absolute Gasteiger partial charge is 0.254 e. The molecule has 1 aromatic carbocycles. The van der Waals surface area contributed by atoms with Gasteiger partial charge in [0.25, 0.3) is 5.91 Å². The molecule has 0 bridgehead atoms. The molecule has 0 radical (unpaired) electrons. The highest BCUT2D eigenvalue weighted by atomic mass is 32.1. The highest BCUT2D eigenvalue weighted by molar-refractivity contribution is 7.71. The summed E-state index contributed by atoms with van der Waals surface area (Å²) in [7, 11) is 0. The lowest BCUT2D eigenvalue weighted by Crippen LogP contribution is -2.26. The Morgan fingerprint density at radius 2 is 2.14 bits per heavy atom. The zero-order valence-corrected chi connectivity index (χ0v) is 12.0. The van der Waals surface area contributed by atoms with Crippen LogP contribution in [-0.2, 0) is 6.42 Å². The number of hydrogen-bond donors (Lipinski definition) is 2. The number of H-pyrrole nitrogens is 1. The van der Waals surface area contributed by atoms with Gasteiger partial charge in [-0.2, -0.15) is 0 Å². The molecule has 1 aliphatic heterocycles. The second-order valence-corrected chi connectivity index (χ2v) is 5.01. The number of hydrogen-bond acceptors (Lipinski definition) is 4. The van der Waals surface area contributed by atoms with E-state index in [0.717, 1.165) is 17.1 Å². The van der Waals surface area contributed by atoms with Crippen molar-refractivity contribution >= 4 is 18.1 Å². The van der Waals surface area contributed by atoms with Gasteiger partial charge < -0.3 is 19.8 Å². The molecule has 0 fully saturated rings. The van der Waals surface area contributed by atoms with Crippen LogP contribution in [0.15, 0.2) is 36.5 Å². The Morgan fingerprint density at radius 3 is 3.00 bits per heavy atom. The average molecular weight is 302 g/mol. The largest absolute Gasteiger partial charge is 0.454 e. The summed E-state index contributed by atoms with van der Waals surface area (Å²) in [6.07, 6.45) is 2.41. The number of fused-ring (bicyclic) bond motifs is 1. The fraction of sp³-hybridized carbons (Fsp3) is 0.200. The van der Waals surface area contributed by atoms with Gasteiger partial charge in [-0.1, -0.05) is 18.3 Å². The van der Waals surface area contributed by atoms with Gasteiger partial charge in [-0.15, -0.1) is 0 Å². The second-order valence-electron chi connectivity index (χ2n) is 4.61. The van der Waals surface area contributed by atoms with Crippen LogP contribution in [0.4, 0.5) is 0 Å². The molecule has 1 aliphatic rings. The molecule has 6 heteroatoms. The van der Waals surface area contributed by atoms with Gasteiger partial charge in [0.05, 0.1) is 5.56 Å². The zero-order valence-electron chi connectivity index (χ0n) is 11.2. The summed E-state index contributed by atoms with van der Waals surface area (Å²) in [6, 6.07) is 9.24. The predicted octanol–water partition coefficient (Wildman–Crippen LogP) is 2.45. The Hall–Kier alpha value is -2.34. The van der Waals surface area contributed by atoms with Crippen LogP contribution in [0.1, 0.15) is 15.9 Å². The maximum Gasteiger partial charge on any atom is 0.254 e. The number of aromatic amines is 1. The standard InChI is InChI=1S/C15H14N2O3S/c18-14(11-2-1-6-17-15(11)21)16-7-5-10-3-4-12-13(8-10)20-9-19-12/h1-4,6,8H,5,7,9H2,(H,16,18)(H,17,21). The molecule has 2 N–H and O–H groups in total. The predicted molar refractivity (Wildman–Crippen MR) is 80.2 cm³/mol. The first kappa shape index (κ1) is 13.6. The lowest BCUT2D eigenvalue weighted by molar-refractivity contribution is 0.0953. The number of benzene rings is 1. The van der Waals surface area contributed by atoms with Crippen LogP contribution in [-0.4, -0.2) is 24.2 Å². The van der Waals surface area contributed by atoms with Crippen molar-refractivity contribution < 1.29 is 14.3 Å². The Morgan fingerprint density at radius 1 is 1.29 bits per heavy atom. The van der Waals surface area contributed by atoms with Crippen LogP contribution < -0.4 is 14.8 Å². The number of nitrogens with one attached hydrogen (secondary N) is 2. The molecule has 21 heavy (non-hydrogen) atoms. The van der Waals surface area contributed by atoms with E-state index in [1.165, 1.54) is 0 Å². The van der Waals surface area contributed by atoms with E-state index >= 15 is 0 Å². The molecule has 0 spiro atoms. The van der Waals surface area contributed by atoms with E-state index < -0.39 is 0 Å². The molecule has 1 aromatic heterocycles. The number of pyridine rings is 1. The van der Waals surface area contributed by atoms with Gasteiger partial charge in [-0.3, -0.25) is 4.79 Å². The number of rotatable bonds is 4. The van der Waals surface area contributed by atoms with Crippen LogP contribution in [0.2, 0.25) is 0 Å². The highest BCUT2D eigenvalue weighted by Gasteiger charge is 2.13. The first-order valence-electron chi connectivity index (χ1n) is 6.58. The quantitative estimate of drug-likeness (QED) is 0.852. The van der Waals surface area contributed by atoms with E-state index in [-0.39, 0.29) is 12.7 Å². The van der Waals surface area contributed by atoms with Gasteiger partial charge >= 0.3 is 0 Å². The summed E-state index contributed by atoms with van der Waals surface area (Å²) in [4.78, 5) is 14.8. The summed E-state index contributed by atoms with van der Waals surface area (Å²) >= 11 is 5.08. The number of carbonyl (C=O) groups is 1. The molecule has 5 nitrogen and oxygen atoms in total. The Balaban J connectivity index is 1.58. The van der Waals surface area contributed by atoms with Crippen LogP contribution in [0.3, 0.4) is 0 Å². The lowest BCUT2D eigenvalue weighted by atomic mass is 10.1. The normalized spacial score (nSPS) is 12.2. The first-order valence-corrected chi connectivity index (χ1v) is 6.99. The van der Waals surface area contributed by atoms with E-state index in [4.69, 9.17) is 21.7 Å². The zero-order chi connectivity index (χ0) is 14.7. The van der Waals surface area contributed by atoms with Crippen LogP contribution in [0, 0.1) is 4.64 Å². The summed E-state index contributed by atoms with van der Waals surface area (Å²) < 4.78 is 11.0. The molecule has 0 saturated carbocycles. The van der Waals surface area contributed by atoms with Crippen molar-refractivity contribution in [3.8, 4) is 11.5 Å². The second kappa shape index (κ2) is 5.97. The molecular weight excluding hydrogens is 288 g/mol. The summed E-state index contributed by atoms with van der Waals surface area (Å²) in [5.74, 6) is 1.35. The van der Waals surface area contributed by atoms with E-state index in [1.54, 1.807) is 18.3 Å². The van der Waals surface area contributed by atoms with E-state index in [2.05, 4.69) is 10.3 Å². The lowest BCUT2D eigenvalue weighted by Gasteiger charge is -2.06. The Labute approximate surface area is 126 Å². The van der Waals surface area contributed by atoms with E-state index in [9.17, 15) is 4.79 Å². The van der Waals surface area contributed by atoms with Crippen molar-refractivity contribution in [1.29, 1.82) is 0 Å². The van der Waals surface area contributed by atoms with Gasteiger partial charge in [-0.25, -0.2) is 0 Å². The molecule has 2 aromatic rings. The molecule has 2 heterocycles. The fourth-order valence-electron chi connectivity index (χ4n) is 2.11. The van der Waals surface area contributed by atoms with Crippen molar-refractivity contribution in [1.82, 2.24) is 10.3 Å². The first-order chi connectivity index (χ1) is 10.2. The van der Waals surface area contributed by atoms with Crippen LogP contribution in [0.5, 0.6) is 11.5 Å². The van der Waals surface area contributed by atoms with Gasteiger partial charge in [0.15, 0.2) is 11.5 Å². The molecule has 3 rings (SSSR count). The summed E-state index contributed by atoms with van der Waals surface area (Å²) in [6.45, 7) is 0.795. The van der Waals surface area contributed by atoms with Gasteiger partial charge in [0.2, 0.25) is 6.79 Å².